The van der Waals surface area contributed by atoms with E-state index in [1.54, 1.807) is 0 Å². The first-order chi connectivity index (χ1) is 9.95. The lowest BCUT2D eigenvalue weighted by atomic mass is 11.0. The fourth-order valence-electron chi connectivity index (χ4n) is 0. The first-order valence-electron chi connectivity index (χ1n) is 9.68. The van der Waals surface area contributed by atoms with Crippen molar-refractivity contribution in [2.24, 2.45) is 0 Å². The third kappa shape index (κ3) is 183. The molecule has 1 nitrogen and oxygen atoms in total. The second-order valence-corrected chi connectivity index (χ2v) is 29.4. The normalized spacial score (nSPS) is 8.52. The Morgan fingerprint density at radius 1 is 0.484 bits per heavy atom. The van der Waals surface area contributed by atoms with Crippen molar-refractivity contribution in [2.45, 2.75) is 177 Å². The van der Waals surface area contributed by atoms with Gasteiger partial charge >= 0.3 is 0 Å². The summed E-state index contributed by atoms with van der Waals surface area (Å²) >= 11 is 0. The molecule has 0 aliphatic rings. The van der Waals surface area contributed by atoms with Crippen molar-refractivity contribution in [1.29, 1.82) is 0 Å². The Kier molecular flexibility index (Phi) is 102. The van der Waals surface area contributed by atoms with Crippen LogP contribution in [0.1, 0.15) is 87.1 Å². The predicted molar refractivity (Wildman–Crippen MR) is 181 cm³/mol. The Morgan fingerprint density at radius 2 is 0.581 bits per heavy atom. The van der Waals surface area contributed by atoms with Crippen molar-refractivity contribution in [3.63, 3.8) is 0 Å². The van der Waals surface area contributed by atoms with Crippen molar-refractivity contribution in [1.82, 2.24) is 0 Å². The molecule has 1 N–H and O–H groups in total. The summed E-state index contributed by atoms with van der Waals surface area (Å²) in [6, 6.07) is 5.23. The average molecular weight is 525 g/mol. The molecule has 0 unspecified atom stereocenters. The van der Waals surface area contributed by atoms with E-state index in [-0.39, 0.29) is 68.2 Å². The molecule has 5 heteroatoms. The van der Waals surface area contributed by atoms with Crippen LogP contribution in [0, 0.1) is 0 Å². The van der Waals surface area contributed by atoms with Crippen LogP contribution in [0.5, 0.6) is 0 Å². The van der Waals surface area contributed by atoms with Gasteiger partial charge in [-0.2, -0.15) is 0 Å². The molecule has 0 aliphatic heterocycles. The van der Waals surface area contributed by atoms with E-state index >= 15 is 0 Å². The minimum atomic E-state index is -1.63. The summed E-state index contributed by atoms with van der Waals surface area (Å²) in [6.07, 6.45) is 0. The van der Waals surface area contributed by atoms with Gasteiger partial charge in [-0.3, -0.25) is 0 Å². The number of hydrogen-bond donors (Lipinski definition) is 1. The van der Waals surface area contributed by atoms with Crippen LogP contribution in [0.15, 0.2) is 0 Å². The van der Waals surface area contributed by atoms with E-state index in [1.807, 2.05) is 20.0 Å². The zero-order valence-corrected chi connectivity index (χ0v) is 23.5. The van der Waals surface area contributed by atoms with Crippen LogP contribution in [-0.4, -0.2) is 38.1 Å². The van der Waals surface area contributed by atoms with Crippen LogP contribution in [0.25, 0.3) is 0 Å². The fraction of sp³-hybridized carbons (Fsp3) is 1.00. The zero-order chi connectivity index (χ0) is 19.9. The van der Waals surface area contributed by atoms with E-state index in [2.05, 4.69) is 73.1 Å². The monoisotopic (exact) mass is 525 g/mol. The number of hydrogen-bond acceptors (Lipinski definition) is 1. The van der Waals surface area contributed by atoms with E-state index in [0.717, 1.165) is 6.04 Å². The van der Waals surface area contributed by atoms with Gasteiger partial charge < -0.3 is 4.80 Å². The summed E-state index contributed by atoms with van der Waals surface area (Å²) < 4.78 is 0. The van der Waals surface area contributed by atoms with E-state index < -0.39 is 24.5 Å². The van der Waals surface area contributed by atoms with Crippen LogP contribution < -0.4 is 0 Å². The minimum absolute atomic E-state index is 0. The summed E-state index contributed by atoms with van der Waals surface area (Å²) in [5.74, 6) is 0. The smallest absolute Gasteiger partial charge is 0.182 e. The second-order valence-electron chi connectivity index (χ2n) is 9.80. The molecule has 0 atom stereocenters. The Labute approximate surface area is 214 Å². The molecule has 0 heterocycles. The summed E-state index contributed by atoms with van der Waals surface area (Å²) in [4.78, 5) is 8.97. The van der Waals surface area contributed by atoms with Crippen molar-refractivity contribution in [2.75, 3.05) is 0 Å². The molecule has 0 aliphatic carbocycles. The largest absolute Gasteiger partial charge is 0.432 e. The Bertz CT molecular complexity index is 192. The molecule has 31 heavy (non-hydrogen) atoms. The molecule has 0 saturated heterocycles. The number of rotatable bonds is 4. The molecular weight excluding hydrogens is 441 g/mol. The van der Waals surface area contributed by atoms with Gasteiger partial charge in [0.05, 0.1) is 0 Å². The second kappa shape index (κ2) is 41.1. The molecule has 0 amide bonds. The SMILES string of the molecule is C.C.C.C.C.C.C.C.CC[SiH](C)C.CC[Si](C)(C)C.CC[Si](C)(C)C.CC[Si](C)(C)O. The van der Waals surface area contributed by atoms with Gasteiger partial charge in [-0.25, -0.2) is 0 Å². The molecule has 0 rings (SSSR count). The van der Waals surface area contributed by atoms with E-state index in [4.69, 9.17) is 4.80 Å². The molecule has 0 fully saturated rings. The molecule has 0 radical (unpaired) electrons. The van der Waals surface area contributed by atoms with Gasteiger partial charge in [-0.1, -0.05) is 158 Å². The van der Waals surface area contributed by atoms with Gasteiger partial charge in [0, 0.05) is 24.9 Å². The molecule has 0 aromatic carbocycles. The highest BCUT2D eigenvalue weighted by atomic mass is 28.4. The quantitative estimate of drug-likeness (QED) is 0.362. The average Bonchev–Trinajstić information content (AvgIpc) is 2.38. The third-order valence-electron chi connectivity index (χ3n) is 3.80. The highest BCUT2D eigenvalue weighted by Crippen LogP contribution is 2.05. The minimum Gasteiger partial charge on any atom is -0.432 e. The van der Waals surface area contributed by atoms with Gasteiger partial charge in [0.25, 0.3) is 0 Å². The highest BCUT2D eigenvalue weighted by Gasteiger charge is 2.11. The topological polar surface area (TPSA) is 20.2 Å². The lowest BCUT2D eigenvalue weighted by molar-refractivity contribution is 0.551. The Hall–Kier alpha value is 0.828. The molecule has 0 aromatic rings. The molecule has 0 spiro atoms. The van der Waals surface area contributed by atoms with E-state index in [1.165, 1.54) is 18.1 Å². The van der Waals surface area contributed by atoms with Crippen molar-refractivity contribution < 1.29 is 4.80 Å². The fourth-order valence-corrected chi connectivity index (χ4v) is 0. The van der Waals surface area contributed by atoms with E-state index in [9.17, 15) is 0 Å². The summed E-state index contributed by atoms with van der Waals surface area (Å²) in [5.41, 5.74) is 0. The van der Waals surface area contributed by atoms with E-state index in [0.29, 0.717) is 0 Å². The van der Waals surface area contributed by atoms with Gasteiger partial charge in [-0.05, 0) is 19.1 Å². The standard InChI is InChI=1S/2C5H14Si.C4H12OSi.C4H12Si.8CH4/c2*1-5-6(2,3)4;1-4-6(2,3)5;1-4-5(2)3;;;;;;;;/h2*5H2,1-4H3;5H,4H2,1-3H3;5H,4H2,1-3H3;8*1H4. The Balaban J connectivity index is -0.0000000143. The first-order valence-corrected chi connectivity index (χ1v) is 23.4. The van der Waals surface area contributed by atoms with Crippen molar-refractivity contribution >= 4 is 33.3 Å². The van der Waals surface area contributed by atoms with Crippen molar-refractivity contribution in [3.8, 4) is 0 Å². The zero-order valence-electron chi connectivity index (χ0n) is 19.4. The molecule has 0 bridgehead atoms. The van der Waals surface area contributed by atoms with Gasteiger partial charge in [0.2, 0.25) is 0 Å². The van der Waals surface area contributed by atoms with Crippen LogP contribution in [0.4, 0.5) is 0 Å². The summed E-state index contributed by atoms with van der Waals surface area (Å²) in [6.45, 7) is 31.7. The maximum absolute atomic E-state index is 8.97. The maximum Gasteiger partial charge on any atom is 0.182 e. The van der Waals surface area contributed by atoms with Gasteiger partial charge in [0.1, 0.15) is 0 Å². The lowest BCUT2D eigenvalue weighted by Crippen LogP contribution is -2.22. The van der Waals surface area contributed by atoms with Crippen LogP contribution in [0.2, 0.25) is 89.6 Å². The van der Waals surface area contributed by atoms with Crippen LogP contribution in [-0.2, 0) is 0 Å². The summed E-state index contributed by atoms with van der Waals surface area (Å²) in [7, 11) is -3.04. The molecule has 0 aromatic heterocycles. The van der Waals surface area contributed by atoms with Crippen LogP contribution in [0.3, 0.4) is 0 Å². The molecule has 210 valence electrons. The van der Waals surface area contributed by atoms with Gasteiger partial charge in [-0.15, -0.1) is 0 Å². The molecular formula is C26H84OSi4. The first kappa shape index (κ1) is 76.9. The van der Waals surface area contributed by atoms with Gasteiger partial charge in [0.15, 0.2) is 8.32 Å². The predicted octanol–water partition coefficient (Wildman–Crippen LogP) is 12.5. The van der Waals surface area contributed by atoms with Crippen LogP contribution >= 0.6 is 0 Å². The molecule has 0 saturated carbocycles. The third-order valence-corrected chi connectivity index (χ3v) is 11.4. The Morgan fingerprint density at radius 3 is 0.581 bits per heavy atom. The maximum atomic E-state index is 8.97. The van der Waals surface area contributed by atoms with Crippen molar-refractivity contribution in [3.05, 3.63) is 0 Å². The summed E-state index contributed by atoms with van der Waals surface area (Å²) in [5, 5.41) is 0. The lowest BCUT2D eigenvalue weighted by Gasteiger charge is -2.09. The highest BCUT2D eigenvalue weighted by molar-refractivity contribution is 6.76.